The fourth-order valence-electron chi connectivity index (χ4n) is 4.93. The first-order valence-electron chi connectivity index (χ1n) is 15.4. The predicted molar refractivity (Wildman–Crippen MR) is 170 cm³/mol. The molecule has 0 bridgehead atoms. The molecule has 0 aromatic heterocycles. The summed E-state index contributed by atoms with van der Waals surface area (Å²) in [7, 11) is 0. The van der Waals surface area contributed by atoms with E-state index in [1.165, 1.54) is 4.90 Å². The number of nitrogens with zero attached hydrogens (tertiary/aromatic N) is 1. The van der Waals surface area contributed by atoms with Crippen LogP contribution in [0.2, 0.25) is 0 Å². The molecule has 0 radical (unpaired) electrons. The minimum Gasteiger partial charge on any atom is -0.481 e. The summed E-state index contributed by atoms with van der Waals surface area (Å²) in [6.07, 6.45) is -0.772. The summed E-state index contributed by atoms with van der Waals surface area (Å²) in [6.45, 7) is 7.82. The van der Waals surface area contributed by atoms with E-state index in [1.807, 2.05) is 0 Å². The van der Waals surface area contributed by atoms with Crippen molar-refractivity contribution in [1.29, 1.82) is 0 Å². The second-order valence-electron chi connectivity index (χ2n) is 11.9. The van der Waals surface area contributed by atoms with Crippen LogP contribution in [0.4, 0.5) is 0 Å². The molecule has 0 spiro atoms. The van der Waals surface area contributed by atoms with Crippen LogP contribution in [0.5, 0.6) is 0 Å². The predicted octanol–water partition coefficient (Wildman–Crippen LogP) is -1.91. The Kier molecular flexibility index (Phi) is 16.8. The van der Waals surface area contributed by atoms with E-state index in [2.05, 4.69) is 39.2 Å². The molecule has 1 fully saturated rings. The lowest BCUT2D eigenvalue weighted by molar-refractivity contribution is -0.145. The van der Waals surface area contributed by atoms with Gasteiger partial charge in [0.1, 0.15) is 36.3 Å². The Bertz CT molecular complexity index is 1230. The highest BCUT2D eigenvalue weighted by molar-refractivity contribution is 7.80. The molecule has 1 saturated heterocycles. The van der Waals surface area contributed by atoms with Gasteiger partial charge in [-0.15, -0.1) is 0 Å². The van der Waals surface area contributed by atoms with E-state index in [4.69, 9.17) is 5.11 Å². The van der Waals surface area contributed by atoms with Gasteiger partial charge in [-0.25, -0.2) is 4.79 Å². The maximum absolute atomic E-state index is 13.7. The number of nitrogens with one attached hydrogen (secondary N) is 5. The van der Waals surface area contributed by atoms with Crippen molar-refractivity contribution in [3.8, 4) is 0 Å². The number of carboxylic acids is 3. The molecule has 1 rings (SSSR count). The van der Waals surface area contributed by atoms with Gasteiger partial charge in [0, 0.05) is 19.2 Å². The number of likely N-dealkylation sites (tertiary alicyclic amines) is 1. The van der Waals surface area contributed by atoms with Gasteiger partial charge in [-0.1, -0.05) is 34.1 Å². The van der Waals surface area contributed by atoms with Crippen molar-refractivity contribution in [2.24, 2.45) is 11.8 Å². The Morgan fingerprint density at radius 2 is 1.27 bits per heavy atom. The molecule has 18 nitrogen and oxygen atoms in total. The number of hydrogen-bond donors (Lipinski definition) is 9. The molecule has 1 heterocycles. The minimum absolute atomic E-state index is 0.165. The van der Waals surface area contributed by atoms with Crippen LogP contribution in [0, 0.1) is 11.8 Å². The lowest BCUT2D eigenvalue weighted by Crippen LogP contribution is -2.61. The van der Waals surface area contributed by atoms with Crippen LogP contribution in [0.15, 0.2) is 0 Å². The van der Waals surface area contributed by atoms with Gasteiger partial charge >= 0.3 is 17.9 Å². The molecular formula is C29H46N6O12S. The molecule has 0 aliphatic carbocycles. The monoisotopic (exact) mass is 702 g/mol. The van der Waals surface area contributed by atoms with Crippen LogP contribution in [0.1, 0.15) is 66.7 Å². The quantitative estimate of drug-likeness (QED) is 0.0667. The molecule has 0 unspecified atom stereocenters. The van der Waals surface area contributed by atoms with E-state index in [9.17, 15) is 53.4 Å². The van der Waals surface area contributed by atoms with Crippen molar-refractivity contribution in [3.63, 3.8) is 0 Å². The maximum Gasteiger partial charge on any atom is 0.327 e. The Hall–Kier alpha value is -4.42. The first kappa shape index (κ1) is 41.6. The standard InChI is InChI=1S/C29H46N6O12S/c1-6-14(4)23(34-25(42)17(11-21(39)40)31-24(41)16(10-20(37)38)30-15(5)36)27(44)33-22(13(2)3)28(45)35-9-7-8-19(35)26(43)32-18(12-48)29(46)47/h13-14,16-19,22-23,48H,6-12H2,1-5H3,(H,30,36)(H,31,41)(H,32,43)(H,33,44)(H,34,42)(H,37,38)(H,39,40)(H,46,47)/t14-,16-,17-,18-,19+,22-,23-/m0/s1. The van der Waals surface area contributed by atoms with Crippen molar-refractivity contribution < 1.29 is 58.5 Å². The number of amides is 6. The molecule has 1 aliphatic heterocycles. The van der Waals surface area contributed by atoms with E-state index < -0.39 is 114 Å². The molecule has 270 valence electrons. The van der Waals surface area contributed by atoms with Crippen LogP contribution in [0.25, 0.3) is 0 Å². The Morgan fingerprint density at radius 1 is 0.750 bits per heavy atom. The van der Waals surface area contributed by atoms with Crippen LogP contribution in [0.3, 0.4) is 0 Å². The average Bonchev–Trinajstić information content (AvgIpc) is 3.48. The number of thiol groups is 1. The Balaban J connectivity index is 3.23. The number of hydrogen-bond acceptors (Lipinski definition) is 10. The molecule has 7 atom stereocenters. The summed E-state index contributed by atoms with van der Waals surface area (Å²) in [5, 5.41) is 39.5. The van der Waals surface area contributed by atoms with Crippen molar-refractivity contribution in [2.75, 3.05) is 12.3 Å². The van der Waals surface area contributed by atoms with E-state index >= 15 is 0 Å². The minimum atomic E-state index is -1.78. The van der Waals surface area contributed by atoms with E-state index in [1.54, 1.807) is 27.7 Å². The molecule has 19 heteroatoms. The molecule has 1 aliphatic rings. The first-order valence-corrected chi connectivity index (χ1v) is 16.0. The summed E-state index contributed by atoms with van der Waals surface area (Å²) in [5.41, 5.74) is 0. The molecule has 8 N–H and O–H groups in total. The van der Waals surface area contributed by atoms with E-state index in [0.29, 0.717) is 12.8 Å². The third kappa shape index (κ3) is 12.6. The third-order valence-corrected chi connectivity index (χ3v) is 8.11. The third-order valence-electron chi connectivity index (χ3n) is 7.74. The number of rotatable bonds is 19. The lowest BCUT2D eigenvalue weighted by atomic mass is 9.95. The second-order valence-corrected chi connectivity index (χ2v) is 12.2. The van der Waals surface area contributed by atoms with Crippen molar-refractivity contribution in [1.82, 2.24) is 31.5 Å². The van der Waals surface area contributed by atoms with Crippen LogP contribution >= 0.6 is 12.6 Å². The number of carbonyl (C=O) groups is 9. The van der Waals surface area contributed by atoms with Gasteiger partial charge in [0.05, 0.1) is 12.8 Å². The van der Waals surface area contributed by atoms with E-state index in [-0.39, 0.29) is 18.7 Å². The van der Waals surface area contributed by atoms with Crippen molar-refractivity contribution >= 4 is 66.0 Å². The van der Waals surface area contributed by atoms with Crippen LogP contribution in [-0.4, -0.2) is 122 Å². The highest BCUT2D eigenvalue weighted by atomic mass is 32.1. The molecule has 6 amide bonds. The zero-order chi connectivity index (χ0) is 36.9. The van der Waals surface area contributed by atoms with Crippen LogP contribution in [-0.2, 0) is 43.2 Å². The van der Waals surface area contributed by atoms with Crippen molar-refractivity contribution in [2.45, 2.75) is 103 Å². The van der Waals surface area contributed by atoms with Gasteiger partial charge < -0.3 is 46.8 Å². The van der Waals surface area contributed by atoms with Gasteiger partial charge in [0.2, 0.25) is 35.4 Å². The van der Waals surface area contributed by atoms with Gasteiger partial charge in [-0.05, 0) is 24.7 Å². The van der Waals surface area contributed by atoms with Gasteiger partial charge in [-0.2, -0.15) is 12.6 Å². The smallest absolute Gasteiger partial charge is 0.327 e. The SMILES string of the molecule is CC[C@H](C)[C@H](NC(=O)[C@H](CC(=O)O)NC(=O)[C@H](CC(=O)O)NC(C)=O)C(=O)N[C@H](C(=O)N1CCC[C@@H]1C(=O)N[C@@H](CS)C(=O)O)C(C)C. The number of aliphatic carboxylic acids is 3. The summed E-state index contributed by atoms with van der Waals surface area (Å²) in [6, 6.07) is -8.19. The zero-order valence-corrected chi connectivity index (χ0v) is 28.4. The molecule has 0 aromatic rings. The van der Waals surface area contributed by atoms with Gasteiger partial charge in [0.15, 0.2) is 0 Å². The number of carboxylic acid groups (broad SMARTS) is 3. The molecule has 48 heavy (non-hydrogen) atoms. The van der Waals surface area contributed by atoms with Crippen LogP contribution < -0.4 is 26.6 Å². The largest absolute Gasteiger partial charge is 0.481 e. The Morgan fingerprint density at radius 3 is 1.73 bits per heavy atom. The summed E-state index contributed by atoms with van der Waals surface area (Å²) in [4.78, 5) is 113. The highest BCUT2D eigenvalue weighted by Gasteiger charge is 2.41. The fraction of sp³-hybridized carbons (Fsp3) is 0.690. The van der Waals surface area contributed by atoms with Gasteiger partial charge in [0.25, 0.3) is 0 Å². The maximum atomic E-state index is 13.7. The fourth-order valence-corrected chi connectivity index (χ4v) is 5.18. The zero-order valence-electron chi connectivity index (χ0n) is 27.5. The van der Waals surface area contributed by atoms with Crippen molar-refractivity contribution in [3.05, 3.63) is 0 Å². The lowest BCUT2D eigenvalue weighted by Gasteiger charge is -2.33. The summed E-state index contributed by atoms with van der Waals surface area (Å²) in [5.74, 6) is -10.6. The second kappa shape index (κ2) is 19.4. The van der Waals surface area contributed by atoms with Gasteiger partial charge in [-0.3, -0.25) is 38.4 Å². The van der Waals surface area contributed by atoms with E-state index in [0.717, 1.165) is 6.92 Å². The highest BCUT2D eigenvalue weighted by Crippen LogP contribution is 2.21. The summed E-state index contributed by atoms with van der Waals surface area (Å²) >= 11 is 3.94. The first-order chi connectivity index (χ1) is 22.3. The normalized spacial score (nSPS) is 17.9. The molecule has 0 saturated carbocycles. The molecular weight excluding hydrogens is 656 g/mol. The topological polar surface area (TPSA) is 278 Å². The Labute approximate surface area is 282 Å². The molecule has 0 aromatic carbocycles. The number of carbonyl (C=O) groups excluding carboxylic acids is 6. The summed E-state index contributed by atoms with van der Waals surface area (Å²) < 4.78 is 0. The average molecular weight is 703 g/mol.